The summed E-state index contributed by atoms with van der Waals surface area (Å²) in [5.74, 6) is 0. The van der Waals surface area contributed by atoms with Gasteiger partial charge in [0.15, 0.2) is 0 Å². The van der Waals surface area contributed by atoms with Crippen LogP contribution in [0.4, 0.5) is 0 Å². The molecule has 1 atom stereocenters. The Morgan fingerprint density at radius 2 is 2.10 bits per heavy atom. The summed E-state index contributed by atoms with van der Waals surface area (Å²) in [5.41, 5.74) is 2.23. The van der Waals surface area contributed by atoms with Crippen molar-refractivity contribution in [1.82, 2.24) is 15.3 Å². The van der Waals surface area contributed by atoms with Crippen LogP contribution in [-0.2, 0) is 0 Å². The second-order valence-electron chi connectivity index (χ2n) is 5.16. The van der Waals surface area contributed by atoms with E-state index < -0.39 is 0 Å². The molecule has 1 N–H and O–H groups in total. The molecule has 0 spiro atoms. The fraction of sp³-hybridized carbons (Fsp3) is 0.294. The van der Waals surface area contributed by atoms with E-state index in [2.05, 4.69) is 47.7 Å². The molecule has 0 amide bonds. The SMILES string of the molecule is CCCNC(C)c1csc(-c2cncc3ccccc23)n1. The van der Waals surface area contributed by atoms with Gasteiger partial charge in [-0.3, -0.25) is 4.98 Å². The molecule has 3 aromatic rings. The van der Waals surface area contributed by atoms with E-state index >= 15 is 0 Å². The number of nitrogens with zero attached hydrogens (tertiary/aromatic N) is 2. The van der Waals surface area contributed by atoms with Gasteiger partial charge in [0.1, 0.15) is 5.01 Å². The number of rotatable bonds is 5. The summed E-state index contributed by atoms with van der Waals surface area (Å²) >= 11 is 1.69. The van der Waals surface area contributed by atoms with E-state index in [1.807, 2.05) is 18.5 Å². The highest BCUT2D eigenvalue weighted by Crippen LogP contribution is 2.31. The van der Waals surface area contributed by atoms with E-state index in [4.69, 9.17) is 4.98 Å². The lowest BCUT2D eigenvalue weighted by Gasteiger charge is -2.09. The van der Waals surface area contributed by atoms with E-state index in [1.165, 1.54) is 5.39 Å². The van der Waals surface area contributed by atoms with E-state index in [0.717, 1.165) is 34.6 Å². The van der Waals surface area contributed by atoms with Gasteiger partial charge in [0.05, 0.1) is 5.69 Å². The third-order valence-electron chi connectivity index (χ3n) is 3.56. The molecule has 0 saturated carbocycles. The predicted octanol–water partition coefficient (Wildman–Crippen LogP) is 4.42. The Morgan fingerprint density at radius 1 is 1.24 bits per heavy atom. The molecule has 0 radical (unpaired) electrons. The standard InChI is InChI=1S/C17H19N3S/c1-3-8-19-12(2)16-11-21-17(20-16)15-10-18-9-13-6-4-5-7-14(13)15/h4-7,9-12,19H,3,8H2,1-2H3. The van der Waals surface area contributed by atoms with Gasteiger partial charge in [-0.2, -0.15) is 0 Å². The van der Waals surface area contributed by atoms with Gasteiger partial charge < -0.3 is 5.32 Å². The molecular formula is C17H19N3S. The maximum absolute atomic E-state index is 4.80. The molecule has 0 aliphatic rings. The Morgan fingerprint density at radius 3 is 2.95 bits per heavy atom. The average molecular weight is 297 g/mol. The van der Waals surface area contributed by atoms with Gasteiger partial charge >= 0.3 is 0 Å². The number of benzene rings is 1. The third kappa shape index (κ3) is 2.96. The quantitative estimate of drug-likeness (QED) is 0.757. The Kier molecular flexibility index (Phi) is 4.27. The maximum atomic E-state index is 4.80. The summed E-state index contributed by atoms with van der Waals surface area (Å²) < 4.78 is 0. The van der Waals surface area contributed by atoms with E-state index in [0.29, 0.717) is 0 Å². The van der Waals surface area contributed by atoms with Gasteiger partial charge in [-0.05, 0) is 25.3 Å². The molecule has 0 aliphatic carbocycles. The topological polar surface area (TPSA) is 37.8 Å². The fourth-order valence-electron chi connectivity index (χ4n) is 2.36. The Labute approximate surface area is 129 Å². The smallest absolute Gasteiger partial charge is 0.125 e. The molecule has 0 bridgehead atoms. The van der Waals surface area contributed by atoms with Crippen molar-refractivity contribution in [3.05, 3.63) is 47.7 Å². The zero-order valence-electron chi connectivity index (χ0n) is 12.3. The van der Waals surface area contributed by atoms with Crippen molar-refractivity contribution in [2.24, 2.45) is 0 Å². The van der Waals surface area contributed by atoms with Crippen molar-refractivity contribution in [3.63, 3.8) is 0 Å². The van der Waals surface area contributed by atoms with E-state index in [9.17, 15) is 0 Å². The number of hydrogen-bond acceptors (Lipinski definition) is 4. The van der Waals surface area contributed by atoms with Gasteiger partial charge in [-0.1, -0.05) is 31.2 Å². The molecule has 1 aromatic carbocycles. The first kappa shape index (κ1) is 14.2. The largest absolute Gasteiger partial charge is 0.309 e. The molecule has 0 aliphatic heterocycles. The Balaban J connectivity index is 1.95. The highest BCUT2D eigenvalue weighted by atomic mass is 32.1. The lowest BCUT2D eigenvalue weighted by molar-refractivity contribution is 0.561. The summed E-state index contributed by atoms with van der Waals surface area (Å²) in [5, 5.41) is 9.03. The van der Waals surface area contributed by atoms with Crippen molar-refractivity contribution in [1.29, 1.82) is 0 Å². The van der Waals surface area contributed by atoms with Crippen LogP contribution in [0.5, 0.6) is 0 Å². The maximum Gasteiger partial charge on any atom is 0.125 e. The molecule has 21 heavy (non-hydrogen) atoms. The van der Waals surface area contributed by atoms with Crippen LogP contribution in [0.1, 0.15) is 32.0 Å². The zero-order valence-corrected chi connectivity index (χ0v) is 13.2. The van der Waals surface area contributed by atoms with E-state index in [-0.39, 0.29) is 6.04 Å². The lowest BCUT2D eigenvalue weighted by atomic mass is 10.1. The summed E-state index contributed by atoms with van der Waals surface area (Å²) in [6, 6.07) is 8.61. The average Bonchev–Trinajstić information content (AvgIpc) is 3.02. The summed E-state index contributed by atoms with van der Waals surface area (Å²) in [7, 11) is 0. The van der Waals surface area contributed by atoms with Gasteiger partial charge in [-0.15, -0.1) is 11.3 Å². The molecule has 4 heteroatoms. The van der Waals surface area contributed by atoms with E-state index in [1.54, 1.807) is 11.3 Å². The molecule has 2 aromatic heterocycles. The minimum atomic E-state index is 0.290. The normalized spacial score (nSPS) is 12.7. The Bertz CT molecular complexity index is 730. The predicted molar refractivity (Wildman–Crippen MR) is 89.6 cm³/mol. The zero-order chi connectivity index (χ0) is 14.7. The van der Waals surface area contributed by atoms with Crippen molar-refractivity contribution in [2.45, 2.75) is 26.3 Å². The molecule has 108 valence electrons. The first-order valence-electron chi connectivity index (χ1n) is 7.31. The number of fused-ring (bicyclic) bond motifs is 1. The second-order valence-corrected chi connectivity index (χ2v) is 6.02. The minimum absolute atomic E-state index is 0.290. The number of hydrogen-bond donors (Lipinski definition) is 1. The second kappa shape index (κ2) is 6.33. The van der Waals surface area contributed by atoms with Crippen LogP contribution in [0.25, 0.3) is 21.3 Å². The van der Waals surface area contributed by atoms with Crippen LogP contribution in [0.2, 0.25) is 0 Å². The molecule has 2 heterocycles. The lowest BCUT2D eigenvalue weighted by Crippen LogP contribution is -2.19. The highest BCUT2D eigenvalue weighted by molar-refractivity contribution is 7.13. The van der Waals surface area contributed by atoms with Gasteiger partial charge in [0.25, 0.3) is 0 Å². The van der Waals surface area contributed by atoms with Crippen molar-refractivity contribution in [2.75, 3.05) is 6.54 Å². The molecular weight excluding hydrogens is 278 g/mol. The van der Waals surface area contributed by atoms with Crippen molar-refractivity contribution < 1.29 is 0 Å². The number of nitrogens with one attached hydrogen (secondary N) is 1. The van der Waals surface area contributed by atoms with Crippen LogP contribution < -0.4 is 5.32 Å². The fourth-order valence-corrected chi connectivity index (χ4v) is 3.30. The highest BCUT2D eigenvalue weighted by Gasteiger charge is 2.12. The Hall–Kier alpha value is -1.78. The van der Waals surface area contributed by atoms with Gasteiger partial charge in [-0.25, -0.2) is 4.98 Å². The number of aromatic nitrogens is 2. The number of pyridine rings is 1. The van der Waals surface area contributed by atoms with Crippen LogP contribution in [-0.4, -0.2) is 16.5 Å². The van der Waals surface area contributed by atoms with Crippen molar-refractivity contribution >= 4 is 22.1 Å². The third-order valence-corrected chi connectivity index (χ3v) is 4.46. The minimum Gasteiger partial charge on any atom is -0.309 e. The first-order valence-corrected chi connectivity index (χ1v) is 8.19. The molecule has 0 saturated heterocycles. The monoisotopic (exact) mass is 297 g/mol. The van der Waals surface area contributed by atoms with Crippen molar-refractivity contribution in [3.8, 4) is 10.6 Å². The molecule has 3 rings (SSSR count). The van der Waals surface area contributed by atoms with Crippen LogP contribution >= 0.6 is 11.3 Å². The first-order chi connectivity index (χ1) is 10.3. The van der Waals surface area contributed by atoms with Crippen LogP contribution in [0.3, 0.4) is 0 Å². The van der Waals surface area contributed by atoms with Gasteiger partial charge in [0.2, 0.25) is 0 Å². The number of thiazole rings is 1. The summed E-state index contributed by atoms with van der Waals surface area (Å²) in [6.07, 6.45) is 4.95. The molecule has 3 nitrogen and oxygen atoms in total. The van der Waals surface area contributed by atoms with Crippen LogP contribution in [0.15, 0.2) is 42.0 Å². The molecule has 0 fully saturated rings. The van der Waals surface area contributed by atoms with Crippen LogP contribution in [0, 0.1) is 0 Å². The molecule has 1 unspecified atom stereocenters. The summed E-state index contributed by atoms with van der Waals surface area (Å²) in [4.78, 5) is 9.14. The summed E-state index contributed by atoms with van der Waals surface area (Å²) in [6.45, 7) is 5.35. The van der Waals surface area contributed by atoms with Gasteiger partial charge in [0, 0.05) is 34.8 Å².